The van der Waals surface area contributed by atoms with Crippen LogP contribution < -0.4 is 16.4 Å². The van der Waals surface area contributed by atoms with Crippen LogP contribution in [-0.4, -0.2) is 79.7 Å². The van der Waals surface area contributed by atoms with Crippen LogP contribution in [0.4, 0.5) is 16.3 Å². The monoisotopic (exact) mass is 539 g/mol. The highest BCUT2D eigenvalue weighted by Crippen LogP contribution is 2.33. The lowest BCUT2D eigenvalue weighted by Gasteiger charge is -2.30. The number of hydrogen-bond donors (Lipinski definition) is 5. The van der Waals surface area contributed by atoms with E-state index in [1.165, 1.54) is 11.9 Å². The number of benzene rings is 1. The average molecular weight is 540 g/mol. The fourth-order valence-electron chi connectivity index (χ4n) is 4.81. The van der Waals surface area contributed by atoms with E-state index in [4.69, 9.17) is 10.5 Å². The van der Waals surface area contributed by atoms with Gasteiger partial charge < -0.3 is 35.9 Å². The largest absolute Gasteiger partial charge is 0.387 e. The smallest absolute Gasteiger partial charge is 0.319 e. The number of nitrogen functional groups attached to an aromatic ring is 1. The minimum Gasteiger partial charge on any atom is -0.387 e. The van der Waals surface area contributed by atoms with Gasteiger partial charge in [0.1, 0.15) is 36.1 Å². The second kappa shape index (κ2) is 11.9. The average Bonchev–Trinajstić information content (AvgIpc) is 3.42. The molecule has 0 aliphatic carbocycles. The van der Waals surface area contributed by atoms with Crippen molar-refractivity contribution in [2.24, 2.45) is 0 Å². The number of aliphatic hydroxyl groups excluding tert-OH is 2. The van der Waals surface area contributed by atoms with Gasteiger partial charge in [-0.3, -0.25) is 4.90 Å². The number of aliphatic hydroxyl groups is 2. The minimum atomic E-state index is -1.13. The van der Waals surface area contributed by atoms with Gasteiger partial charge in [0.2, 0.25) is 0 Å². The zero-order valence-electron chi connectivity index (χ0n) is 23.3. The van der Waals surface area contributed by atoms with Crippen molar-refractivity contribution >= 4 is 28.6 Å². The Labute approximate surface area is 229 Å². The molecule has 212 valence electrons. The summed E-state index contributed by atoms with van der Waals surface area (Å²) in [6, 6.07) is 9.57. The third-order valence-corrected chi connectivity index (χ3v) is 7.21. The van der Waals surface area contributed by atoms with E-state index in [0.29, 0.717) is 42.9 Å². The molecule has 1 aliphatic heterocycles. The maximum absolute atomic E-state index is 12.4. The number of aromatic nitrogens is 3. The van der Waals surface area contributed by atoms with Gasteiger partial charge in [-0.25, -0.2) is 14.8 Å². The van der Waals surface area contributed by atoms with Crippen LogP contribution in [0.15, 0.2) is 42.9 Å². The standard InChI is InChI=1S/C28H41N7O4/c1-17(2)34(13-6-12-30-27(38)33-19-9-7-18(8-10-19)28(3,4)5)15-21-22(36)23(37)26(39-21)35-14-11-20-24(29)31-16-32-25(20)35/h7-11,14,16-17,21-23,26,36-37H,6,12-13,15H2,1-5H3,(H2,29,31,32)(H2,30,33,38)/t21?,22-,23-,26-/m1/s1. The highest BCUT2D eigenvalue weighted by molar-refractivity contribution is 5.89. The van der Waals surface area contributed by atoms with Crippen molar-refractivity contribution in [2.45, 2.75) is 77.0 Å². The van der Waals surface area contributed by atoms with E-state index in [-0.39, 0.29) is 17.5 Å². The Balaban J connectivity index is 1.27. The number of carbonyl (C=O) groups is 1. The number of carbonyl (C=O) groups excluding carboxylic acids is 1. The summed E-state index contributed by atoms with van der Waals surface area (Å²) >= 11 is 0. The normalized spacial score (nSPS) is 21.7. The number of nitrogens with one attached hydrogen (secondary N) is 2. The first-order chi connectivity index (χ1) is 18.5. The summed E-state index contributed by atoms with van der Waals surface area (Å²) < 4.78 is 7.82. The molecule has 1 aliphatic rings. The predicted molar refractivity (Wildman–Crippen MR) is 151 cm³/mol. The first-order valence-electron chi connectivity index (χ1n) is 13.4. The SMILES string of the molecule is CC(C)N(CCCNC(=O)Nc1ccc(C(C)(C)C)cc1)CC1O[C@@H](n2ccc3c(N)ncnc32)[C@H](O)[C@@H]1O. The Morgan fingerprint density at radius 3 is 2.54 bits per heavy atom. The number of nitrogens with two attached hydrogens (primary N) is 1. The third kappa shape index (κ3) is 6.67. The molecule has 3 heterocycles. The van der Waals surface area contributed by atoms with E-state index in [9.17, 15) is 15.0 Å². The molecule has 11 nitrogen and oxygen atoms in total. The second-order valence-electron chi connectivity index (χ2n) is 11.4. The van der Waals surface area contributed by atoms with E-state index >= 15 is 0 Å². The maximum Gasteiger partial charge on any atom is 0.319 e. The maximum atomic E-state index is 12.4. The first-order valence-corrected chi connectivity index (χ1v) is 13.4. The van der Waals surface area contributed by atoms with Gasteiger partial charge in [-0.1, -0.05) is 32.9 Å². The topological polar surface area (TPSA) is 151 Å². The van der Waals surface area contributed by atoms with E-state index in [2.05, 4.69) is 60.1 Å². The van der Waals surface area contributed by atoms with Crippen molar-refractivity contribution in [1.82, 2.24) is 24.8 Å². The molecule has 1 unspecified atom stereocenters. The highest BCUT2D eigenvalue weighted by Gasteiger charge is 2.44. The number of nitrogens with zero attached hydrogens (tertiary/aromatic N) is 4. The molecule has 1 fully saturated rings. The quantitative estimate of drug-likeness (QED) is 0.261. The number of amides is 2. The van der Waals surface area contributed by atoms with Crippen LogP contribution in [0.3, 0.4) is 0 Å². The molecule has 0 saturated carbocycles. The van der Waals surface area contributed by atoms with Crippen LogP contribution >= 0.6 is 0 Å². The van der Waals surface area contributed by atoms with Gasteiger partial charge in [-0.2, -0.15) is 0 Å². The van der Waals surface area contributed by atoms with Gasteiger partial charge in [-0.05, 0) is 49.4 Å². The van der Waals surface area contributed by atoms with Crippen LogP contribution in [0.25, 0.3) is 11.0 Å². The Morgan fingerprint density at radius 1 is 1.15 bits per heavy atom. The van der Waals surface area contributed by atoms with Gasteiger partial charge in [0, 0.05) is 37.6 Å². The van der Waals surface area contributed by atoms with Crippen LogP contribution in [-0.2, 0) is 10.2 Å². The van der Waals surface area contributed by atoms with Crippen LogP contribution in [0.2, 0.25) is 0 Å². The van der Waals surface area contributed by atoms with E-state index in [0.717, 1.165) is 5.69 Å². The molecule has 2 amide bonds. The molecule has 11 heteroatoms. The Kier molecular flexibility index (Phi) is 8.75. The van der Waals surface area contributed by atoms with Gasteiger partial charge in [0.25, 0.3) is 0 Å². The van der Waals surface area contributed by atoms with Crippen molar-refractivity contribution in [3.63, 3.8) is 0 Å². The summed E-state index contributed by atoms with van der Waals surface area (Å²) in [5.74, 6) is 0.343. The first kappa shape index (κ1) is 28.8. The molecule has 1 aromatic carbocycles. The number of hydrogen-bond acceptors (Lipinski definition) is 8. The molecule has 1 saturated heterocycles. The summed E-state index contributed by atoms with van der Waals surface area (Å²) in [6.45, 7) is 12.2. The van der Waals surface area contributed by atoms with Gasteiger partial charge in [0.05, 0.1) is 5.39 Å². The lowest BCUT2D eigenvalue weighted by Crippen LogP contribution is -2.44. The number of anilines is 2. The zero-order chi connectivity index (χ0) is 28.3. The molecule has 4 rings (SSSR count). The van der Waals surface area contributed by atoms with Crippen molar-refractivity contribution in [2.75, 3.05) is 30.7 Å². The molecule has 3 aromatic rings. The second-order valence-corrected chi connectivity index (χ2v) is 11.4. The van der Waals surface area contributed by atoms with Crippen molar-refractivity contribution in [3.8, 4) is 0 Å². The molecule has 39 heavy (non-hydrogen) atoms. The molecule has 2 aromatic heterocycles. The van der Waals surface area contributed by atoms with Crippen LogP contribution in [0.5, 0.6) is 0 Å². The summed E-state index contributed by atoms with van der Waals surface area (Å²) in [6.07, 6.45) is 0.210. The van der Waals surface area contributed by atoms with E-state index < -0.39 is 24.5 Å². The van der Waals surface area contributed by atoms with Crippen LogP contribution in [0, 0.1) is 0 Å². The number of ether oxygens (including phenoxy) is 1. The number of urea groups is 1. The number of fused-ring (bicyclic) bond motifs is 1. The predicted octanol–water partition coefficient (Wildman–Crippen LogP) is 2.85. The third-order valence-electron chi connectivity index (χ3n) is 7.21. The molecular formula is C28H41N7O4. The molecule has 0 spiro atoms. The van der Waals surface area contributed by atoms with Crippen molar-refractivity contribution < 1.29 is 19.7 Å². The van der Waals surface area contributed by atoms with Gasteiger partial charge >= 0.3 is 6.03 Å². The van der Waals surface area contributed by atoms with Gasteiger partial charge in [-0.15, -0.1) is 0 Å². The summed E-state index contributed by atoms with van der Waals surface area (Å²) in [5, 5.41) is 28.0. The van der Waals surface area contributed by atoms with Gasteiger partial charge in [0.15, 0.2) is 6.23 Å². The Bertz CT molecular complexity index is 1260. The fourth-order valence-corrected chi connectivity index (χ4v) is 4.81. The van der Waals surface area contributed by atoms with E-state index in [1.54, 1.807) is 16.8 Å². The Hall–Kier alpha value is -3.25. The molecule has 4 atom stereocenters. The van der Waals surface area contributed by atoms with Crippen molar-refractivity contribution in [1.29, 1.82) is 0 Å². The molecule has 6 N–H and O–H groups in total. The molecule has 0 bridgehead atoms. The van der Waals surface area contributed by atoms with Crippen molar-refractivity contribution in [3.05, 3.63) is 48.4 Å². The summed E-state index contributed by atoms with van der Waals surface area (Å²) in [5.41, 5.74) is 8.48. The lowest BCUT2D eigenvalue weighted by molar-refractivity contribution is -0.0465. The summed E-state index contributed by atoms with van der Waals surface area (Å²) in [4.78, 5) is 22.8. The van der Waals surface area contributed by atoms with Crippen LogP contribution in [0.1, 0.15) is 52.8 Å². The highest BCUT2D eigenvalue weighted by atomic mass is 16.6. The zero-order valence-corrected chi connectivity index (χ0v) is 23.3. The van der Waals surface area contributed by atoms with E-state index in [1.807, 2.05) is 24.3 Å². The molecular weight excluding hydrogens is 498 g/mol. The minimum absolute atomic E-state index is 0.0573. The summed E-state index contributed by atoms with van der Waals surface area (Å²) in [7, 11) is 0. The molecule has 0 radical (unpaired) electrons. The fraction of sp³-hybridized carbons (Fsp3) is 0.536. The number of rotatable bonds is 9. The Morgan fingerprint density at radius 2 is 1.87 bits per heavy atom. The lowest BCUT2D eigenvalue weighted by atomic mass is 9.87.